The van der Waals surface area contributed by atoms with Crippen LogP contribution in [0.25, 0.3) is 33.3 Å². The van der Waals surface area contributed by atoms with E-state index < -0.39 is 14.0 Å². The van der Waals surface area contributed by atoms with Crippen LogP contribution in [0.15, 0.2) is 48.9 Å². The van der Waals surface area contributed by atoms with Crippen molar-refractivity contribution < 1.29 is 18.3 Å². The highest BCUT2D eigenvalue weighted by atomic mass is 35.5. The number of hydrogen-bond acceptors (Lipinski definition) is 7. The number of nitrogens with zero attached hydrogens (tertiary/aromatic N) is 7. The van der Waals surface area contributed by atoms with Crippen LogP contribution in [0.3, 0.4) is 0 Å². The molecule has 0 N–H and O–H groups in total. The third-order valence-corrected chi connectivity index (χ3v) is 9.87. The second kappa shape index (κ2) is 12.1. The van der Waals surface area contributed by atoms with Crippen molar-refractivity contribution in [1.82, 2.24) is 34.2 Å². The predicted molar refractivity (Wildman–Crippen MR) is 170 cm³/mol. The summed E-state index contributed by atoms with van der Waals surface area (Å²) in [5.74, 6) is -0.661. The Balaban J connectivity index is 1.18. The number of benzene rings is 2. The molecule has 0 amide bonds. The van der Waals surface area contributed by atoms with Crippen molar-refractivity contribution in [3.05, 3.63) is 59.8 Å². The van der Waals surface area contributed by atoms with Crippen molar-refractivity contribution in [2.75, 3.05) is 26.2 Å². The van der Waals surface area contributed by atoms with Crippen LogP contribution in [0.1, 0.15) is 12.2 Å². The van der Waals surface area contributed by atoms with E-state index in [1.807, 2.05) is 42.0 Å². The van der Waals surface area contributed by atoms with Gasteiger partial charge in [-0.2, -0.15) is 5.10 Å². The van der Waals surface area contributed by atoms with E-state index >= 15 is 0 Å². The van der Waals surface area contributed by atoms with Gasteiger partial charge in [-0.05, 0) is 37.2 Å². The number of halogens is 3. The summed E-state index contributed by atoms with van der Waals surface area (Å²) in [6.07, 6.45) is 5.11. The van der Waals surface area contributed by atoms with Crippen LogP contribution in [-0.4, -0.2) is 74.4 Å². The van der Waals surface area contributed by atoms with Crippen molar-refractivity contribution in [2.45, 2.75) is 58.2 Å². The van der Waals surface area contributed by atoms with Gasteiger partial charge in [0.15, 0.2) is 0 Å². The second-order valence-electron chi connectivity index (χ2n) is 12.6. The van der Waals surface area contributed by atoms with Gasteiger partial charge >= 0.3 is 0 Å². The molecule has 0 spiro atoms. The van der Waals surface area contributed by atoms with E-state index in [1.165, 1.54) is 0 Å². The molecule has 0 radical (unpaired) electrons. The Kier molecular flexibility index (Phi) is 8.44. The minimum Gasteiger partial charge on any atom is -0.456 e. The zero-order valence-electron chi connectivity index (χ0n) is 25.4. The van der Waals surface area contributed by atoms with E-state index in [1.54, 1.807) is 28.0 Å². The number of ether oxygens (including phenoxy) is 2. The normalized spacial score (nSPS) is 15.5. The van der Waals surface area contributed by atoms with Crippen LogP contribution in [-0.2, 0) is 18.0 Å². The van der Waals surface area contributed by atoms with Gasteiger partial charge in [0, 0.05) is 52.0 Å². The Morgan fingerprint density at radius 3 is 2.64 bits per heavy atom. The Labute approximate surface area is 260 Å². The highest BCUT2D eigenvalue weighted by Crippen LogP contribution is 2.36. The molecule has 0 aliphatic carbocycles. The molecule has 1 saturated heterocycles. The van der Waals surface area contributed by atoms with Crippen LogP contribution in [0.2, 0.25) is 30.7 Å². The summed E-state index contributed by atoms with van der Waals surface area (Å²) in [6, 6.07) is 10.4. The number of likely N-dealkylation sites (tertiary alicyclic amines) is 1. The first kappa shape index (κ1) is 30.6. The first-order valence-corrected chi connectivity index (χ1v) is 18.8. The Morgan fingerprint density at radius 2 is 1.86 bits per heavy atom. The summed E-state index contributed by atoms with van der Waals surface area (Å²) in [5, 5.41) is 4.74. The van der Waals surface area contributed by atoms with Gasteiger partial charge in [0.25, 0.3) is 5.92 Å². The van der Waals surface area contributed by atoms with Crippen LogP contribution in [0.4, 0.5) is 8.78 Å². The molecular formula is C31H36ClF2N7O2Si. The summed E-state index contributed by atoms with van der Waals surface area (Å²) < 4.78 is 43.1. The number of hydrogen-bond donors (Lipinski definition) is 0. The van der Waals surface area contributed by atoms with Crippen LogP contribution in [0.5, 0.6) is 11.5 Å². The highest BCUT2D eigenvalue weighted by Gasteiger charge is 2.37. The lowest BCUT2D eigenvalue weighted by Gasteiger charge is -2.16. The summed E-state index contributed by atoms with van der Waals surface area (Å²) in [5.41, 5.74) is 4.28. The lowest BCUT2D eigenvalue weighted by atomic mass is 10.2. The SMILES string of the molecule is Cc1nc2ccc(Oc3ccc4ncc(-c5cnn(CCN6CCC(F)(F)C6)c5)nc4c3Cl)cc2n1COCC[Si](C)(C)C. The van der Waals surface area contributed by atoms with E-state index in [9.17, 15) is 8.78 Å². The van der Waals surface area contributed by atoms with E-state index in [0.717, 1.165) is 35.1 Å². The van der Waals surface area contributed by atoms with Crippen molar-refractivity contribution >= 4 is 41.7 Å². The Morgan fingerprint density at radius 1 is 1.05 bits per heavy atom. The zero-order valence-corrected chi connectivity index (χ0v) is 27.1. The molecule has 0 saturated carbocycles. The fraction of sp³-hybridized carbons (Fsp3) is 0.419. The minimum absolute atomic E-state index is 0.0939. The maximum absolute atomic E-state index is 13.5. The minimum atomic E-state index is -2.60. The number of imidazole rings is 1. The molecule has 2 aromatic carbocycles. The molecule has 1 fully saturated rings. The molecule has 0 unspecified atom stereocenters. The fourth-order valence-electron chi connectivity index (χ4n) is 5.21. The Bertz CT molecular complexity index is 1800. The average molecular weight is 640 g/mol. The summed E-state index contributed by atoms with van der Waals surface area (Å²) in [7, 11) is -1.18. The van der Waals surface area contributed by atoms with Gasteiger partial charge < -0.3 is 14.0 Å². The number of fused-ring (bicyclic) bond motifs is 2. The maximum atomic E-state index is 13.5. The molecule has 4 heterocycles. The van der Waals surface area contributed by atoms with Gasteiger partial charge in [-0.1, -0.05) is 31.2 Å². The highest BCUT2D eigenvalue weighted by molar-refractivity contribution is 6.76. The largest absolute Gasteiger partial charge is 0.456 e. The van der Waals surface area contributed by atoms with Gasteiger partial charge in [-0.3, -0.25) is 14.6 Å². The molecule has 0 bridgehead atoms. The van der Waals surface area contributed by atoms with E-state index in [-0.39, 0.29) is 13.0 Å². The molecule has 1 aliphatic heterocycles. The predicted octanol–water partition coefficient (Wildman–Crippen LogP) is 7.25. The van der Waals surface area contributed by atoms with Crippen LogP contribution >= 0.6 is 11.6 Å². The first-order valence-electron chi connectivity index (χ1n) is 14.7. The van der Waals surface area contributed by atoms with Gasteiger partial charge in [0.2, 0.25) is 0 Å². The summed E-state index contributed by atoms with van der Waals surface area (Å²) in [6.45, 7) is 11.3. The van der Waals surface area contributed by atoms with Gasteiger partial charge in [0.1, 0.15) is 34.6 Å². The molecular weight excluding hydrogens is 604 g/mol. The fourth-order valence-corrected chi connectivity index (χ4v) is 6.21. The topological polar surface area (TPSA) is 83.1 Å². The summed E-state index contributed by atoms with van der Waals surface area (Å²) >= 11 is 6.83. The molecule has 6 rings (SSSR count). The van der Waals surface area contributed by atoms with E-state index in [2.05, 4.69) is 34.7 Å². The molecule has 1 aliphatic rings. The molecule has 5 aromatic rings. The number of aromatic nitrogens is 6. The number of alkyl halides is 2. The smallest absolute Gasteiger partial charge is 0.261 e. The number of rotatable bonds is 11. The van der Waals surface area contributed by atoms with Crippen molar-refractivity contribution in [3.63, 3.8) is 0 Å². The van der Waals surface area contributed by atoms with Crippen LogP contribution in [0, 0.1) is 6.92 Å². The van der Waals surface area contributed by atoms with Crippen molar-refractivity contribution in [2.24, 2.45) is 0 Å². The van der Waals surface area contributed by atoms with Gasteiger partial charge in [0.05, 0.1) is 47.7 Å². The lowest BCUT2D eigenvalue weighted by molar-refractivity contribution is 0.0119. The van der Waals surface area contributed by atoms with Gasteiger partial charge in [-0.15, -0.1) is 0 Å². The molecule has 13 heteroatoms. The molecule has 44 heavy (non-hydrogen) atoms. The van der Waals surface area contributed by atoms with Crippen LogP contribution < -0.4 is 4.74 Å². The summed E-state index contributed by atoms with van der Waals surface area (Å²) in [4.78, 5) is 15.8. The van der Waals surface area contributed by atoms with Gasteiger partial charge in [-0.25, -0.2) is 18.7 Å². The lowest BCUT2D eigenvalue weighted by Crippen LogP contribution is -2.28. The van der Waals surface area contributed by atoms with E-state index in [0.29, 0.717) is 59.6 Å². The Hall–Kier alpha value is -3.45. The van der Waals surface area contributed by atoms with E-state index in [4.69, 9.17) is 26.1 Å². The quantitative estimate of drug-likeness (QED) is 0.111. The first-order chi connectivity index (χ1) is 20.9. The molecule has 232 valence electrons. The average Bonchev–Trinajstić information content (AvgIpc) is 3.67. The maximum Gasteiger partial charge on any atom is 0.261 e. The third-order valence-electron chi connectivity index (χ3n) is 7.80. The standard InChI is InChI=1S/C31H36ClF2N7O2Si/c1-21-37-24-6-5-23(15-27(24)41(21)20-42-13-14-44(2,3)4)43-28-8-7-25-30(29(28)32)38-26(17-35-25)22-16-36-40(18-22)12-11-39-10-9-31(33,34)19-39/h5-8,15-18H,9-14,19-20H2,1-4H3. The molecule has 3 aromatic heterocycles. The zero-order chi connectivity index (χ0) is 31.1. The number of aryl methyl sites for hydroxylation is 1. The second-order valence-corrected chi connectivity index (χ2v) is 18.6. The van der Waals surface area contributed by atoms with Crippen molar-refractivity contribution in [3.8, 4) is 22.8 Å². The molecule has 9 nitrogen and oxygen atoms in total. The monoisotopic (exact) mass is 639 g/mol. The third kappa shape index (κ3) is 6.93. The molecule has 0 atom stereocenters. The van der Waals surface area contributed by atoms with Crippen molar-refractivity contribution in [1.29, 1.82) is 0 Å².